The van der Waals surface area contributed by atoms with Crippen molar-refractivity contribution in [2.75, 3.05) is 6.67 Å². The summed E-state index contributed by atoms with van der Waals surface area (Å²) < 4.78 is 24.2. The summed E-state index contributed by atoms with van der Waals surface area (Å²) in [5.74, 6) is 5.55. The molecule has 0 heterocycles. The third-order valence-corrected chi connectivity index (χ3v) is 1.76. The van der Waals surface area contributed by atoms with E-state index in [0.29, 0.717) is 12.8 Å². The van der Waals surface area contributed by atoms with Gasteiger partial charge in [0.2, 0.25) is 0 Å². The molecule has 0 saturated heterocycles. The van der Waals surface area contributed by atoms with Crippen LogP contribution in [0.1, 0.15) is 24.8 Å². The number of benzene rings is 1. The van der Waals surface area contributed by atoms with Crippen molar-refractivity contribution in [2.24, 2.45) is 0 Å². The lowest BCUT2D eigenvalue weighted by molar-refractivity contribution is 0.464. The zero-order valence-electron chi connectivity index (χ0n) is 7.89. The Bertz CT molecular complexity index is 316. The fourth-order valence-electron chi connectivity index (χ4n) is 1.01. The lowest BCUT2D eigenvalue weighted by Gasteiger charge is -1.89. The van der Waals surface area contributed by atoms with Gasteiger partial charge in [0.15, 0.2) is 0 Å². The first kappa shape index (κ1) is 10.7. The summed E-state index contributed by atoms with van der Waals surface area (Å²) in [6, 6.07) is 6.03. The Labute approximate surface area is 83.0 Å². The number of halogens is 2. The molecule has 0 aromatic heterocycles. The summed E-state index contributed by atoms with van der Waals surface area (Å²) in [6.07, 6.45) is 2.05. The molecule has 0 radical (unpaired) electrons. The maximum Gasteiger partial charge on any atom is 0.123 e. The molecule has 0 saturated carbocycles. The predicted octanol–water partition coefficient (Wildman–Crippen LogP) is 3.32. The molecule has 0 atom stereocenters. The van der Waals surface area contributed by atoms with E-state index >= 15 is 0 Å². The first-order valence-corrected chi connectivity index (χ1v) is 4.63. The van der Waals surface area contributed by atoms with E-state index in [9.17, 15) is 8.78 Å². The quantitative estimate of drug-likeness (QED) is 0.511. The van der Waals surface area contributed by atoms with Crippen LogP contribution in [0.2, 0.25) is 0 Å². The Morgan fingerprint density at radius 1 is 1.07 bits per heavy atom. The molecule has 0 fully saturated rings. The van der Waals surface area contributed by atoms with Crippen molar-refractivity contribution in [2.45, 2.75) is 19.3 Å². The minimum absolute atomic E-state index is 0.257. The zero-order chi connectivity index (χ0) is 10.2. The number of hydrogen-bond donors (Lipinski definition) is 0. The second kappa shape index (κ2) is 6.15. The van der Waals surface area contributed by atoms with Gasteiger partial charge >= 0.3 is 0 Å². The van der Waals surface area contributed by atoms with E-state index in [-0.39, 0.29) is 12.5 Å². The number of hydrogen-bond acceptors (Lipinski definition) is 0. The standard InChI is InChI=1S/C12H12F2/c13-10-4-2-1-3-5-11-6-8-12(14)9-7-11/h6-9H,1-2,4,10H2. The molecule has 74 valence electrons. The molecule has 2 heteroatoms. The molecule has 1 rings (SSSR count). The lowest BCUT2D eigenvalue weighted by atomic mass is 10.2. The van der Waals surface area contributed by atoms with Gasteiger partial charge in [-0.3, -0.25) is 4.39 Å². The van der Waals surface area contributed by atoms with Crippen molar-refractivity contribution >= 4 is 0 Å². The highest BCUT2D eigenvalue weighted by molar-refractivity contribution is 5.33. The van der Waals surface area contributed by atoms with Crippen LogP contribution in [0.3, 0.4) is 0 Å². The van der Waals surface area contributed by atoms with Crippen LogP contribution in [0.15, 0.2) is 24.3 Å². The van der Waals surface area contributed by atoms with Crippen LogP contribution < -0.4 is 0 Å². The van der Waals surface area contributed by atoms with E-state index in [4.69, 9.17) is 0 Å². The largest absolute Gasteiger partial charge is 0.251 e. The minimum atomic E-state index is -0.280. The van der Waals surface area contributed by atoms with Crippen molar-refractivity contribution in [1.29, 1.82) is 0 Å². The first-order valence-electron chi connectivity index (χ1n) is 4.63. The molecule has 0 aliphatic heterocycles. The second-order valence-electron chi connectivity index (χ2n) is 2.95. The molecular formula is C12H12F2. The summed E-state index contributed by atoms with van der Waals surface area (Å²) >= 11 is 0. The number of rotatable bonds is 3. The van der Waals surface area contributed by atoms with Crippen LogP contribution >= 0.6 is 0 Å². The lowest BCUT2D eigenvalue weighted by Crippen LogP contribution is -1.77. The van der Waals surface area contributed by atoms with Crippen LogP contribution in [0.25, 0.3) is 0 Å². The fourth-order valence-corrected chi connectivity index (χ4v) is 1.01. The van der Waals surface area contributed by atoms with Gasteiger partial charge in [-0.25, -0.2) is 4.39 Å². The van der Waals surface area contributed by atoms with Gasteiger partial charge in [0.05, 0.1) is 6.67 Å². The van der Waals surface area contributed by atoms with E-state index < -0.39 is 0 Å². The molecule has 0 amide bonds. The first-order chi connectivity index (χ1) is 6.83. The summed E-state index contributed by atoms with van der Waals surface area (Å²) in [6.45, 7) is -0.280. The van der Waals surface area contributed by atoms with Crippen molar-refractivity contribution in [3.63, 3.8) is 0 Å². The average Bonchev–Trinajstić information content (AvgIpc) is 2.21. The summed E-state index contributed by atoms with van der Waals surface area (Å²) in [5, 5.41) is 0. The van der Waals surface area contributed by atoms with E-state index in [1.807, 2.05) is 0 Å². The van der Waals surface area contributed by atoms with Crippen LogP contribution in [0.4, 0.5) is 8.78 Å². The average molecular weight is 194 g/mol. The maximum absolute atomic E-state index is 12.5. The van der Waals surface area contributed by atoms with Gasteiger partial charge in [0, 0.05) is 12.0 Å². The number of alkyl halides is 1. The third-order valence-electron chi connectivity index (χ3n) is 1.76. The van der Waals surface area contributed by atoms with Crippen molar-refractivity contribution in [3.05, 3.63) is 35.6 Å². The fraction of sp³-hybridized carbons (Fsp3) is 0.333. The van der Waals surface area contributed by atoms with Crippen LogP contribution in [0.5, 0.6) is 0 Å². The molecule has 0 aliphatic carbocycles. The van der Waals surface area contributed by atoms with E-state index in [1.54, 1.807) is 12.1 Å². The van der Waals surface area contributed by atoms with Gasteiger partial charge in [-0.15, -0.1) is 0 Å². The zero-order valence-corrected chi connectivity index (χ0v) is 7.89. The maximum atomic E-state index is 12.5. The summed E-state index contributed by atoms with van der Waals surface area (Å²) in [5.41, 5.74) is 0.798. The monoisotopic (exact) mass is 194 g/mol. The molecule has 0 spiro atoms. The Balaban J connectivity index is 2.39. The van der Waals surface area contributed by atoms with Crippen molar-refractivity contribution < 1.29 is 8.78 Å². The van der Waals surface area contributed by atoms with Gasteiger partial charge in [-0.2, -0.15) is 0 Å². The highest BCUT2D eigenvalue weighted by atomic mass is 19.1. The molecular weight excluding hydrogens is 182 g/mol. The molecule has 0 bridgehead atoms. The molecule has 0 N–H and O–H groups in total. The number of unbranched alkanes of at least 4 members (excludes halogenated alkanes) is 2. The Morgan fingerprint density at radius 2 is 1.79 bits per heavy atom. The molecule has 14 heavy (non-hydrogen) atoms. The summed E-state index contributed by atoms with van der Waals surface area (Å²) in [4.78, 5) is 0. The van der Waals surface area contributed by atoms with Crippen molar-refractivity contribution in [1.82, 2.24) is 0 Å². The van der Waals surface area contributed by atoms with Crippen molar-refractivity contribution in [3.8, 4) is 11.8 Å². The Hall–Kier alpha value is -1.36. The van der Waals surface area contributed by atoms with E-state index in [2.05, 4.69) is 11.8 Å². The summed E-state index contributed by atoms with van der Waals surface area (Å²) in [7, 11) is 0. The Morgan fingerprint density at radius 3 is 2.43 bits per heavy atom. The second-order valence-corrected chi connectivity index (χ2v) is 2.95. The molecule has 0 aliphatic rings. The molecule has 0 nitrogen and oxygen atoms in total. The highest BCUT2D eigenvalue weighted by Crippen LogP contribution is 2.01. The van der Waals surface area contributed by atoms with Gasteiger partial charge in [-0.05, 0) is 37.1 Å². The Kier molecular flexibility index (Phi) is 4.71. The normalized spacial score (nSPS) is 9.29. The highest BCUT2D eigenvalue weighted by Gasteiger charge is 1.88. The molecule has 1 aromatic carbocycles. The molecule has 0 unspecified atom stereocenters. The van der Waals surface area contributed by atoms with Gasteiger partial charge in [-0.1, -0.05) is 11.8 Å². The van der Waals surface area contributed by atoms with Crippen LogP contribution in [-0.4, -0.2) is 6.67 Å². The third kappa shape index (κ3) is 4.04. The minimum Gasteiger partial charge on any atom is -0.251 e. The van der Waals surface area contributed by atoms with E-state index in [0.717, 1.165) is 12.0 Å². The smallest absolute Gasteiger partial charge is 0.123 e. The van der Waals surface area contributed by atoms with Crippen LogP contribution in [0, 0.1) is 17.7 Å². The van der Waals surface area contributed by atoms with Gasteiger partial charge < -0.3 is 0 Å². The SMILES string of the molecule is FCCCCC#Cc1ccc(F)cc1. The topological polar surface area (TPSA) is 0 Å². The van der Waals surface area contributed by atoms with E-state index in [1.165, 1.54) is 12.1 Å². The molecule has 1 aromatic rings. The van der Waals surface area contributed by atoms with Crippen LogP contribution in [-0.2, 0) is 0 Å². The van der Waals surface area contributed by atoms with Gasteiger partial charge in [0.25, 0.3) is 0 Å². The van der Waals surface area contributed by atoms with Gasteiger partial charge in [0.1, 0.15) is 5.82 Å². The predicted molar refractivity (Wildman–Crippen MR) is 53.1 cm³/mol.